The largest absolute Gasteiger partial charge is 0.348 e. The summed E-state index contributed by atoms with van der Waals surface area (Å²) in [7, 11) is 1.75. The Kier molecular flexibility index (Phi) is 6.51. The molecule has 1 amide bonds. The number of carbonyl (C=O) groups excluding carboxylic acids is 1. The van der Waals surface area contributed by atoms with E-state index in [1.807, 2.05) is 46.8 Å². The summed E-state index contributed by atoms with van der Waals surface area (Å²) in [6.45, 7) is 10.1. The Bertz CT molecular complexity index is 875. The number of nitriles is 1. The van der Waals surface area contributed by atoms with Gasteiger partial charge in [-0.25, -0.2) is 0 Å². The van der Waals surface area contributed by atoms with Crippen LogP contribution in [-0.2, 0) is 17.6 Å². The van der Waals surface area contributed by atoms with Crippen LogP contribution in [-0.4, -0.2) is 29.7 Å². The number of nitrogens with zero attached hydrogens (tertiary/aromatic N) is 4. The SMILES string of the molecule is CCc1nnc(N(C)CC(=O)Nc2c(C)cc(C)cc2C)c(C#N)c1CC. The van der Waals surface area contributed by atoms with E-state index in [4.69, 9.17) is 0 Å². The number of hydrogen-bond donors (Lipinski definition) is 1. The van der Waals surface area contributed by atoms with Crippen LogP contribution in [0.2, 0.25) is 0 Å². The minimum Gasteiger partial charge on any atom is -0.348 e. The summed E-state index contributed by atoms with van der Waals surface area (Å²) in [5.74, 6) is 0.287. The van der Waals surface area contributed by atoms with Crippen LogP contribution in [0.1, 0.15) is 47.4 Å². The first-order valence-corrected chi connectivity index (χ1v) is 9.19. The minimum absolute atomic E-state index is 0.0880. The van der Waals surface area contributed by atoms with Gasteiger partial charge in [0.15, 0.2) is 5.82 Å². The predicted octanol–water partition coefficient (Wildman–Crippen LogP) is 3.47. The van der Waals surface area contributed by atoms with Crippen LogP contribution in [0.3, 0.4) is 0 Å². The smallest absolute Gasteiger partial charge is 0.243 e. The fourth-order valence-corrected chi connectivity index (χ4v) is 3.39. The van der Waals surface area contributed by atoms with Crippen molar-refractivity contribution in [2.45, 2.75) is 47.5 Å². The summed E-state index contributed by atoms with van der Waals surface area (Å²) in [6, 6.07) is 6.33. The molecule has 0 atom stereocenters. The Morgan fingerprint density at radius 2 is 1.78 bits per heavy atom. The second kappa shape index (κ2) is 8.63. The molecule has 0 saturated carbocycles. The van der Waals surface area contributed by atoms with Gasteiger partial charge in [-0.3, -0.25) is 4.79 Å². The summed E-state index contributed by atoms with van der Waals surface area (Å²) >= 11 is 0. The lowest BCUT2D eigenvalue weighted by Crippen LogP contribution is -2.32. The molecule has 1 N–H and O–H groups in total. The molecule has 2 aromatic rings. The van der Waals surface area contributed by atoms with Gasteiger partial charge in [0, 0.05) is 12.7 Å². The van der Waals surface area contributed by atoms with E-state index in [9.17, 15) is 10.1 Å². The predicted molar refractivity (Wildman–Crippen MR) is 108 cm³/mol. The Morgan fingerprint density at radius 3 is 2.30 bits per heavy atom. The number of aryl methyl sites for hydroxylation is 4. The molecule has 0 radical (unpaired) electrons. The molecule has 0 bridgehead atoms. The quantitative estimate of drug-likeness (QED) is 0.847. The molecule has 142 valence electrons. The van der Waals surface area contributed by atoms with Gasteiger partial charge in [-0.2, -0.15) is 10.4 Å². The van der Waals surface area contributed by atoms with Crippen LogP contribution in [0.4, 0.5) is 11.5 Å². The number of rotatable bonds is 6. The Morgan fingerprint density at radius 1 is 1.15 bits per heavy atom. The fourth-order valence-electron chi connectivity index (χ4n) is 3.39. The minimum atomic E-state index is -0.157. The van der Waals surface area contributed by atoms with E-state index >= 15 is 0 Å². The number of nitrogens with one attached hydrogen (secondary N) is 1. The molecule has 0 saturated heterocycles. The van der Waals surface area contributed by atoms with Crippen molar-refractivity contribution in [2.75, 3.05) is 23.8 Å². The number of hydrogen-bond acceptors (Lipinski definition) is 5. The summed E-state index contributed by atoms with van der Waals surface area (Å²) in [5, 5.41) is 21.1. The van der Waals surface area contributed by atoms with E-state index in [1.54, 1.807) is 11.9 Å². The molecule has 27 heavy (non-hydrogen) atoms. The van der Waals surface area contributed by atoms with Crippen molar-refractivity contribution in [2.24, 2.45) is 0 Å². The van der Waals surface area contributed by atoms with Crippen LogP contribution in [0.25, 0.3) is 0 Å². The first-order chi connectivity index (χ1) is 12.8. The van der Waals surface area contributed by atoms with Crippen molar-refractivity contribution in [1.29, 1.82) is 5.26 Å². The standard InChI is InChI=1S/C21H27N5O/c1-7-16-17(11-22)21(25-24-18(16)8-2)26(6)12-19(27)23-20-14(4)9-13(3)10-15(20)5/h9-10H,7-8,12H2,1-6H3,(H,23,27). The molecule has 6 nitrogen and oxygen atoms in total. The van der Waals surface area contributed by atoms with E-state index in [0.29, 0.717) is 17.8 Å². The van der Waals surface area contributed by atoms with Crippen molar-refractivity contribution < 1.29 is 4.79 Å². The summed E-state index contributed by atoms with van der Waals surface area (Å²) in [6.07, 6.45) is 1.43. The molecule has 1 aromatic heterocycles. The number of amides is 1. The highest BCUT2D eigenvalue weighted by Gasteiger charge is 2.19. The third-order valence-corrected chi connectivity index (χ3v) is 4.62. The van der Waals surface area contributed by atoms with Gasteiger partial charge in [0.25, 0.3) is 0 Å². The molecular weight excluding hydrogens is 338 g/mol. The average Bonchev–Trinajstić information content (AvgIpc) is 2.62. The Balaban J connectivity index is 2.24. The maximum absolute atomic E-state index is 12.6. The fraction of sp³-hybridized carbons (Fsp3) is 0.429. The van der Waals surface area contributed by atoms with Gasteiger partial charge in [-0.1, -0.05) is 31.5 Å². The van der Waals surface area contributed by atoms with Gasteiger partial charge in [-0.15, -0.1) is 5.10 Å². The highest BCUT2D eigenvalue weighted by atomic mass is 16.2. The zero-order valence-electron chi connectivity index (χ0n) is 17.0. The molecule has 0 fully saturated rings. The van der Waals surface area contributed by atoms with E-state index < -0.39 is 0 Å². The van der Waals surface area contributed by atoms with E-state index in [0.717, 1.165) is 40.1 Å². The van der Waals surface area contributed by atoms with Crippen molar-refractivity contribution in [3.05, 3.63) is 45.6 Å². The number of aromatic nitrogens is 2. The lowest BCUT2D eigenvalue weighted by Gasteiger charge is -2.21. The van der Waals surface area contributed by atoms with Crippen molar-refractivity contribution in [3.8, 4) is 6.07 Å². The van der Waals surface area contributed by atoms with Gasteiger partial charge in [0.2, 0.25) is 5.91 Å². The second-order valence-corrected chi connectivity index (χ2v) is 6.82. The first kappa shape index (κ1) is 20.4. The van der Waals surface area contributed by atoms with Crippen molar-refractivity contribution >= 4 is 17.4 Å². The molecule has 0 aliphatic heterocycles. The van der Waals surface area contributed by atoms with Crippen LogP contribution >= 0.6 is 0 Å². The molecule has 0 aliphatic rings. The summed E-state index contributed by atoms with van der Waals surface area (Å²) < 4.78 is 0. The molecule has 0 unspecified atom stereocenters. The maximum atomic E-state index is 12.6. The van der Waals surface area contributed by atoms with Crippen LogP contribution in [0.15, 0.2) is 12.1 Å². The van der Waals surface area contributed by atoms with E-state index in [-0.39, 0.29) is 12.5 Å². The van der Waals surface area contributed by atoms with Crippen LogP contribution in [0, 0.1) is 32.1 Å². The second-order valence-electron chi connectivity index (χ2n) is 6.82. The van der Waals surface area contributed by atoms with Crippen LogP contribution in [0.5, 0.6) is 0 Å². The van der Waals surface area contributed by atoms with Gasteiger partial charge in [0.05, 0.1) is 12.2 Å². The normalized spacial score (nSPS) is 10.4. The molecule has 0 aliphatic carbocycles. The maximum Gasteiger partial charge on any atom is 0.243 e. The van der Waals surface area contributed by atoms with Gasteiger partial charge >= 0.3 is 0 Å². The highest BCUT2D eigenvalue weighted by Crippen LogP contribution is 2.24. The van der Waals surface area contributed by atoms with Crippen molar-refractivity contribution in [3.63, 3.8) is 0 Å². The first-order valence-electron chi connectivity index (χ1n) is 9.19. The third kappa shape index (κ3) is 4.43. The number of carbonyl (C=O) groups is 1. The molecule has 6 heteroatoms. The van der Waals surface area contributed by atoms with E-state index in [1.165, 1.54) is 0 Å². The van der Waals surface area contributed by atoms with Gasteiger partial charge < -0.3 is 10.2 Å². The molecule has 0 spiro atoms. The highest BCUT2D eigenvalue weighted by molar-refractivity contribution is 5.95. The number of benzene rings is 1. The van der Waals surface area contributed by atoms with Crippen molar-refractivity contribution in [1.82, 2.24) is 10.2 Å². The third-order valence-electron chi connectivity index (χ3n) is 4.62. The Labute approximate surface area is 161 Å². The van der Waals surface area contributed by atoms with Gasteiger partial charge in [0.1, 0.15) is 11.6 Å². The lowest BCUT2D eigenvalue weighted by molar-refractivity contribution is -0.114. The molecular formula is C21H27N5O. The number of likely N-dealkylation sites (N-methyl/N-ethyl adjacent to an activating group) is 1. The monoisotopic (exact) mass is 365 g/mol. The molecule has 1 aromatic carbocycles. The van der Waals surface area contributed by atoms with Gasteiger partial charge in [-0.05, 0) is 50.3 Å². The topological polar surface area (TPSA) is 81.9 Å². The summed E-state index contributed by atoms with van der Waals surface area (Å²) in [5.41, 5.74) is 6.30. The Hall–Kier alpha value is -2.94. The zero-order valence-corrected chi connectivity index (χ0v) is 17.0. The van der Waals surface area contributed by atoms with E-state index in [2.05, 4.69) is 21.6 Å². The average molecular weight is 365 g/mol. The lowest BCUT2D eigenvalue weighted by atomic mass is 10.0. The molecule has 2 rings (SSSR count). The summed E-state index contributed by atoms with van der Waals surface area (Å²) in [4.78, 5) is 14.3. The number of anilines is 2. The van der Waals surface area contributed by atoms with Crippen LogP contribution < -0.4 is 10.2 Å². The zero-order chi connectivity index (χ0) is 20.1. The molecule has 1 heterocycles.